The van der Waals surface area contributed by atoms with E-state index in [0.29, 0.717) is 23.2 Å². The summed E-state index contributed by atoms with van der Waals surface area (Å²) in [6, 6.07) is 1.40. The highest BCUT2D eigenvalue weighted by molar-refractivity contribution is 5.98. The van der Waals surface area contributed by atoms with Crippen molar-refractivity contribution in [1.82, 2.24) is 9.61 Å². The first-order valence-electron chi connectivity index (χ1n) is 5.71. The maximum atomic E-state index is 13.3. The van der Waals surface area contributed by atoms with E-state index in [1.807, 2.05) is 6.92 Å². The summed E-state index contributed by atoms with van der Waals surface area (Å²) in [5, 5.41) is 4.16. The second kappa shape index (κ2) is 4.64. The SMILES string of the molecule is CCOC(=O)c1c(CC)nn2cc(F)c(N)cc12. The topological polar surface area (TPSA) is 69.6 Å². The second-order valence-electron chi connectivity index (χ2n) is 3.80. The molecule has 0 atom stereocenters. The number of esters is 1. The highest BCUT2D eigenvalue weighted by Crippen LogP contribution is 2.21. The Morgan fingerprint density at radius 2 is 2.28 bits per heavy atom. The van der Waals surface area contributed by atoms with Gasteiger partial charge in [0.15, 0.2) is 5.82 Å². The number of hydrogen-bond acceptors (Lipinski definition) is 4. The number of hydrogen-bond donors (Lipinski definition) is 1. The number of nitrogens with two attached hydrogens (primary N) is 1. The molecule has 0 aromatic carbocycles. The fourth-order valence-electron chi connectivity index (χ4n) is 1.80. The largest absolute Gasteiger partial charge is 0.462 e. The third-order valence-electron chi connectivity index (χ3n) is 2.64. The van der Waals surface area contributed by atoms with E-state index in [1.54, 1.807) is 6.92 Å². The summed E-state index contributed by atoms with van der Waals surface area (Å²) in [5.41, 5.74) is 6.88. The molecule has 5 nitrogen and oxygen atoms in total. The fourth-order valence-corrected chi connectivity index (χ4v) is 1.80. The molecule has 0 bridgehead atoms. The molecule has 0 unspecified atom stereocenters. The van der Waals surface area contributed by atoms with E-state index in [4.69, 9.17) is 10.5 Å². The van der Waals surface area contributed by atoms with Gasteiger partial charge < -0.3 is 10.5 Å². The van der Waals surface area contributed by atoms with E-state index in [0.717, 1.165) is 6.20 Å². The van der Waals surface area contributed by atoms with Crippen molar-refractivity contribution in [2.75, 3.05) is 12.3 Å². The lowest BCUT2D eigenvalue weighted by Gasteiger charge is -2.02. The van der Waals surface area contributed by atoms with Gasteiger partial charge in [-0.15, -0.1) is 0 Å². The van der Waals surface area contributed by atoms with Crippen molar-refractivity contribution in [3.8, 4) is 0 Å². The molecule has 0 radical (unpaired) electrons. The number of nitrogens with zero attached hydrogens (tertiary/aromatic N) is 2. The minimum Gasteiger partial charge on any atom is -0.462 e. The van der Waals surface area contributed by atoms with Crippen LogP contribution in [-0.4, -0.2) is 22.2 Å². The summed E-state index contributed by atoms with van der Waals surface area (Å²) in [5.74, 6) is -1.03. The van der Waals surface area contributed by atoms with Gasteiger partial charge in [0.25, 0.3) is 0 Å². The van der Waals surface area contributed by atoms with Crippen molar-refractivity contribution < 1.29 is 13.9 Å². The molecule has 18 heavy (non-hydrogen) atoms. The van der Waals surface area contributed by atoms with E-state index >= 15 is 0 Å². The van der Waals surface area contributed by atoms with Gasteiger partial charge in [-0.05, 0) is 19.4 Å². The van der Waals surface area contributed by atoms with E-state index < -0.39 is 11.8 Å². The highest BCUT2D eigenvalue weighted by atomic mass is 19.1. The molecule has 0 spiro atoms. The molecule has 0 fully saturated rings. The van der Waals surface area contributed by atoms with Gasteiger partial charge in [-0.25, -0.2) is 13.7 Å². The van der Waals surface area contributed by atoms with Crippen LogP contribution >= 0.6 is 0 Å². The Kier molecular flexibility index (Phi) is 3.18. The first-order valence-corrected chi connectivity index (χ1v) is 5.71. The number of nitrogen functional groups attached to an aromatic ring is 1. The van der Waals surface area contributed by atoms with E-state index in [2.05, 4.69) is 5.10 Å². The lowest BCUT2D eigenvalue weighted by molar-refractivity contribution is 0.0527. The predicted molar refractivity (Wildman–Crippen MR) is 64.9 cm³/mol. The number of rotatable bonds is 3. The highest BCUT2D eigenvalue weighted by Gasteiger charge is 2.20. The number of carbonyl (C=O) groups excluding carboxylic acids is 1. The molecule has 0 saturated heterocycles. The minimum atomic E-state index is -0.567. The number of aromatic nitrogens is 2. The Bertz CT molecular complexity index is 607. The van der Waals surface area contributed by atoms with E-state index in [1.165, 1.54) is 10.6 Å². The van der Waals surface area contributed by atoms with Gasteiger partial charge >= 0.3 is 5.97 Å². The third kappa shape index (κ3) is 1.90. The number of aryl methyl sites for hydroxylation is 1. The molecule has 0 aliphatic rings. The molecular formula is C12H14FN3O2. The Hall–Kier alpha value is -2.11. The quantitative estimate of drug-likeness (QED) is 0.844. The lowest BCUT2D eigenvalue weighted by atomic mass is 10.1. The van der Waals surface area contributed by atoms with Gasteiger partial charge in [0.2, 0.25) is 0 Å². The minimum absolute atomic E-state index is 0.0180. The van der Waals surface area contributed by atoms with Crippen LogP contribution in [0, 0.1) is 5.82 Å². The summed E-state index contributed by atoms with van der Waals surface area (Å²) >= 11 is 0. The van der Waals surface area contributed by atoms with Crippen LogP contribution in [0.1, 0.15) is 29.9 Å². The van der Waals surface area contributed by atoms with Gasteiger partial charge in [0.05, 0.1) is 29.7 Å². The Labute approximate surface area is 103 Å². The number of pyridine rings is 1. The third-order valence-corrected chi connectivity index (χ3v) is 2.64. The molecule has 96 valence electrons. The van der Waals surface area contributed by atoms with E-state index in [9.17, 15) is 9.18 Å². The van der Waals surface area contributed by atoms with Crippen LogP contribution in [-0.2, 0) is 11.2 Å². The van der Waals surface area contributed by atoms with E-state index in [-0.39, 0.29) is 12.3 Å². The average Bonchev–Trinajstić information content (AvgIpc) is 2.68. The molecule has 6 heteroatoms. The molecule has 0 amide bonds. The zero-order chi connectivity index (χ0) is 13.3. The van der Waals surface area contributed by atoms with Crippen LogP contribution in [0.3, 0.4) is 0 Å². The molecule has 2 rings (SSSR count). The van der Waals surface area contributed by atoms with Crippen molar-refractivity contribution in [3.05, 3.63) is 29.3 Å². The van der Waals surface area contributed by atoms with Crippen molar-refractivity contribution >= 4 is 17.2 Å². The smallest absolute Gasteiger partial charge is 0.342 e. The van der Waals surface area contributed by atoms with Crippen LogP contribution in [0.5, 0.6) is 0 Å². The maximum Gasteiger partial charge on any atom is 0.342 e. The van der Waals surface area contributed by atoms with Crippen molar-refractivity contribution in [2.24, 2.45) is 0 Å². The van der Waals surface area contributed by atoms with Gasteiger partial charge in [0.1, 0.15) is 5.56 Å². The van der Waals surface area contributed by atoms with Gasteiger partial charge in [-0.1, -0.05) is 6.92 Å². The van der Waals surface area contributed by atoms with Crippen molar-refractivity contribution in [1.29, 1.82) is 0 Å². The molecule has 0 aliphatic heterocycles. The van der Waals surface area contributed by atoms with Crippen LogP contribution in [0.4, 0.5) is 10.1 Å². The normalized spacial score (nSPS) is 10.8. The Morgan fingerprint density at radius 3 is 2.89 bits per heavy atom. The molecule has 0 aliphatic carbocycles. The van der Waals surface area contributed by atoms with Gasteiger partial charge in [0, 0.05) is 0 Å². The zero-order valence-electron chi connectivity index (χ0n) is 10.2. The first-order chi connectivity index (χ1) is 8.58. The number of halogens is 1. The predicted octanol–water partition coefficient (Wildman–Crippen LogP) is 1.79. The first kappa shape index (κ1) is 12.3. The summed E-state index contributed by atoms with van der Waals surface area (Å²) in [6.07, 6.45) is 1.71. The lowest BCUT2D eigenvalue weighted by Crippen LogP contribution is -2.07. The number of ether oxygens (including phenoxy) is 1. The molecular weight excluding hydrogens is 237 g/mol. The molecule has 2 aromatic heterocycles. The van der Waals surface area contributed by atoms with Gasteiger partial charge in [-0.2, -0.15) is 5.10 Å². The standard InChI is InChI=1S/C12H14FN3O2/c1-3-9-11(12(17)18-4-2)10-5-8(14)7(13)6-16(10)15-9/h5-6H,3-4,14H2,1-2H3. The van der Waals surface area contributed by atoms with Crippen LogP contribution < -0.4 is 5.73 Å². The number of fused-ring (bicyclic) bond motifs is 1. The summed E-state index contributed by atoms with van der Waals surface area (Å²) in [4.78, 5) is 11.9. The maximum absolute atomic E-state index is 13.3. The monoisotopic (exact) mass is 251 g/mol. The summed E-state index contributed by atoms with van der Waals surface area (Å²) in [6.45, 7) is 3.86. The molecule has 0 saturated carbocycles. The van der Waals surface area contributed by atoms with Crippen LogP contribution in [0.25, 0.3) is 5.52 Å². The molecule has 2 aromatic rings. The number of carbonyl (C=O) groups is 1. The number of anilines is 1. The molecule has 2 heterocycles. The van der Waals surface area contributed by atoms with Crippen molar-refractivity contribution in [3.63, 3.8) is 0 Å². The summed E-state index contributed by atoms with van der Waals surface area (Å²) in [7, 11) is 0. The van der Waals surface area contributed by atoms with Crippen LogP contribution in [0.15, 0.2) is 12.3 Å². The zero-order valence-corrected chi connectivity index (χ0v) is 10.2. The average molecular weight is 251 g/mol. The second-order valence-corrected chi connectivity index (χ2v) is 3.80. The van der Waals surface area contributed by atoms with Crippen molar-refractivity contribution in [2.45, 2.75) is 20.3 Å². The Morgan fingerprint density at radius 1 is 1.56 bits per heavy atom. The van der Waals surface area contributed by atoms with Crippen LogP contribution in [0.2, 0.25) is 0 Å². The van der Waals surface area contributed by atoms with Gasteiger partial charge in [-0.3, -0.25) is 0 Å². The summed E-state index contributed by atoms with van der Waals surface area (Å²) < 4.78 is 19.6. The Balaban J connectivity index is 2.68. The molecule has 2 N–H and O–H groups in total. The fraction of sp³-hybridized carbons (Fsp3) is 0.333.